The predicted molar refractivity (Wildman–Crippen MR) is 86.5 cm³/mol. The van der Waals surface area contributed by atoms with Gasteiger partial charge >= 0.3 is 5.97 Å². The Kier molecular flexibility index (Phi) is 7.10. The highest BCUT2D eigenvalue weighted by atomic mass is 16.5. The molecule has 0 spiro atoms. The van der Waals surface area contributed by atoms with Crippen molar-refractivity contribution in [2.45, 2.75) is 57.7 Å². The zero-order chi connectivity index (χ0) is 16.0. The van der Waals surface area contributed by atoms with Crippen LogP contribution >= 0.6 is 0 Å². The first-order chi connectivity index (χ1) is 9.78. The van der Waals surface area contributed by atoms with Crippen molar-refractivity contribution >= 4 is 5.97 Å². The minimum absolute atomic E-state index is 0.121. The van der Waals surface area contributed by atoms with Gasteiger partial charge in [0.25, 0.3) is 0 Å². The molecule has 5 nitrogen and oxygen atoms in total. The van der Waals surface area contributed by atoms with Crippen molar-refractivity contribution < 1.29 is 9.53 Å². The quantitative estimate of drug-likeness (QED) is 0.617. The van der Waals surface area contributed by atoms with E-state index in [1.807, 2.05) is 13.8 Å². The summed E-state index contributed by atoms with van der Waals surface area (Å²) >= 11 is 0. The summed E-state index contributed by atoms with van der Waals surface area (Å²) in [6.07, 6.45) is 3.10. The topological polar surface area (TPSA) is 44.8 Å². The predicted octanol–water partition coefficient (Wildman–Crippen LogP) is 1.33. The Labute approximate surface area is 130 Å². The summed E-state index contributed by atoms with van der Waals surface area (Å²) in [5, 5.41) is 3.49. The van der Waals surface area contributed by atoms with Crippen molar-refractivity contribution in [2.75, 3.05) is 40.8 Å². The lowest BCUT2D eigenvalue weighted by Crippen LogP contribution is -2.55. The Morgan fingerprint density at radius 2 is 1.95 bits per heavy atom. The molecule has 0 aliphatic heterocycles. The van der Waals surface area contributed by atoms with E-state index in [1.54, 1.807) is 0 Å². The van der Waals surface area contributed by atoms with E-state index in [1.165, 1.54) is 12.8 Å². The number of nitrogens with one attached hydrogen (secondary N) is 1. The van der Waals surface area contributed by atoms with Crippen LogP contribution in [-0.4, -0.2) is 74.2 Å². The van der Waals surface area contributed by atoms with Gasteiger partial charge in [-0.05, 0) is 61.2 Å². The van der Waals surface area contributed by atoms with E-state index in [4.69, 9.17) is 4.74 Å². The minimum atomic E-state index is -0.580. The van der Waals surface area contributed by atoms with Gasteiger partial charge in [0.1, 0.15) is 5.54 Å². The average molecular weight is 299 g/mol. The lowest BCUT2D eigenvalue weighted by atomic mass is 9.92. The number of hydrogen-bond donors (Lipinski definition) is 1. The summed E-state index contributed by atoms with van der Waals surface area (Å²) in [5.41, 5.74) is -0.580. The van der Waals surface area contributed by atoms with Crippen molar-refractivity contribution in [3.63, 3.8) is 0 Å². The van der Waals surface area contributed by atoms with Crippen molar-refractivity contribution in [1.82, 2.24) is 15.1 Å². The van der Waals surface area contributed by atoms with Crippen LogP contribution in [0.15, 0.2) is 0 Å². The van der Waals surface area contributed by atoms with Gasteiger partial charge in [0.05, 0.1) is 6.61 Å². The van der Waals surface area contributed by atoms with E-state index >= 15 is 0 Å². The van der Waals surface area contributed by atoms with Gasteiger partial charge in [0.15, 0.2) is 0 Å². The van der Waals surface area contributed by atoms with Gasteiger partial charge in [0.2, 0.25) is 0 Å². The van der Waals surface area contributed by atoms with E-state index < -0.39 is 5.54 Å². The van der Waals surface area contributed by atoms with Crippen LogP contribution in [-0.2, 0) is 9.53 Å². The summed E-state index contributed by atoms with van der Waals surface area (Å²) < 4.78 is 5.29. The third-order valence-corrected chi connectivity index (χ3v) is 4.18. The second kappa shape index (κ2) is 8.11. The number of carbonyl (C=O) groups excluding carboxylic acids is 1. The maximum absolute atomic E-state index is 12.3. The molecule has 2 atom stereocenters. The van der Waals surface area contributed by atoms with Crippen LogP contribution in [0.5, 0.6) is 0 Å². The minimum Gasteiger partial charge on any atom is -0.465 e. The molecular formula is C16H33N3O2. The van der Waals surface area contributed by atoms with Crippen LogP contribution < -0.4 is 5.32 Å². The summed E-state index contributed by atoms with van der Waals surface area (Å²) in [7, 11) is 6.28. The number of nitrogens with zero attached hydrogens (tertiary/aromatic N) is 2. The smallest absolute Gasteiger partial charge is 0.326 e. The molecule has 0 aromatic rings. The van der Waals surface area contributed by atoms with Crippen LogP contribution in [0.25, 0.3) is 0 Å². The lowest BCUT2D eigenvalue weighted by molar-refractivity contribution is -0.151. The Morgan fingerprint density at radius 3 is 2.43 bits per heavy atom. The van der Waals surface area contributed by atoms with E-state index in [9.17, 15) is 4.79 Å². The summed E-state index contributed by atoms with van der Waals surface area (Å²) in [5.74, 6) is -0.121. The van der Waals surface area contributed by atoms with Crippen LogP contribution in [0.1, 0.15) is 40.0 Å². The van der Waals surface area contributed by atoms with Crippen molar-refractivity contribution in [2.24, 2.45) is 0 Å². The number of carbonyl (C=O) groups is 1. The Hall–Kier alpha value is -0.650. The van der Waals surface area contributed by atoms with Gasteiger partial charge in [-0.15, -0.1) is 0 Å². The van der Waals surface area contributed by atoms with Gasteiger partial charge in [0, 0.05) is 25.2 Å². The number of ether oxygens (including phenoxy) is 1. The zero-order valence-electron chi connectivity index (χ0n) is 14.6. The Bertz CT molecular complexity index is 331. The van der Waals surface area contributed by atoms with Gasteiger partial charge in [-0.25, -0.2) is 0 Å². The highest BCUT2D eigenvalue weighted by Crippen LogP contribution is 2.26. The number of likely N-dealkylation sites (N-methyl/N-ethyl adjacent to an activating group) is 2. The monoisotopic (exact) mass is 299 g/mol. The summed E-state index contributed by atoms with van der Waals surface area (Å²) in [6, 6.07) is 0.810. The van der Waals surface area contributed by atoms with Crippen LogP contribution in [0.2, 0.25) is 0 Å². The van der Waals surface area contributed by atoms with Gasteiger partial charge in [-0.3, -0.25) is 10.1 Å². The summed E-state index contributed by atoms with van der Waals surface area (Å²) in [4.78, 5) is 16.8. The van der Waals surface area contributed by atoms with E-state index in [0.717, 1.165) is 19.5 Å². The molecule has 0 aromatic carbocycles. The molecule has 0 amide bonds. The molecule has 1 saturated carbocycles. The molecule has 0 bridgehead atoms. The van der Waals surface area contributed by atoms with Crippen molar-refractivity contribution in [3.8, 4) is 0 Å². The molecule has 124 valence electrons. The van der Waals surface area contributed by atoms with E-state index in [-0.39, 0.29) is 5.97 Å². The molecule has 0 radical (unpaired) electrons. The standard InChI is InChI=1S/C16H33N3O2/c1-7-21-15(20)16(3,17-14-8-9-14)12-13(2)19(6)11-10-18(4)5/h13-14,17H,7-12H2,1-6H3. The maximum atomic E-state index is 12.3. The molecule has 21 heavy (non-hydrogen) atoms. The highest BCUT2D eigenvalue weighted by Gasteiger charge is 2.41. The molecule has 0 aromatic heterocycles. The fourth-order valence-electron chi connectivity index (χ4n) is 2.49. The van der Waals surface area contributed by atoms with Crippen LogP contribution in [0.3, 0.4) is 0 Å². The van der Waals surface area contributed by atoms with Crippen LogP contribution in [0, 0.1) is 0 Å². The Morgan fingerprint density at radius 1 is 1.33 bits per heavy atom. The molecule has 5 heteroatoms. The summed E-state index contributed by atoms with van der Waals surface area (Å²) in [6.45, 7) is 8.48. The highest BCUT2D eigenvalue weighted by molar-refractivity contribution is 5.80. The van der Waals surface area contributed by atoms with E-state index in [0.29, 0.717) is 18.7 Å². The first-order valence-electron chi connectivity index (χ1n) is 8.08. The Balaban J connectivity index is 2.59. The largest absolute Gasteiger partial charge is 0.465 e. The first kappa shape index (κ1) is 18.4. The fraction of sp³-hybridized carbons (Fsp3) is 0.938. The third kappa shape index (κ3) is 6.32. The molecule has 0 saturated heterocycles. The molecular weight excluding hydrogens is 266 g/mol. The SMILES string of the molecule is CCOC(=O)C(C)(CC(C)N(C)CCN(C)C)NC1CC1. The van der Waals surface area contributed by atoms with Gasteiger partial charge < -0.3 is 14.5 Å². The van der Waals surface area contributed by atoms with Crippen molar-refractivity contribution in [3.05, 3.63) is 0 Å². The van der Waals surface area contributed by atoms with E-state index in [2.05, 4.69) is 43.2 Å². The lowest BCUT2D eigenvalue weighted by Gasteiger charge is -2.35. The average Bonchev–Trinajstić information content (AvgIpc) is 3.19. The van der Waals surface area contributed by atoms with Gasteiger partial charge in [-0.1, -0.05) is 0 Å². The molecule has 0 heterocycles. The zero-order valence-corrected chi connectivity index (χ0v) is 14.6. The number of rotatable bonds is 10. The third-order valence-electron chi connectivity index (χ3n) is 4.18. The fourth-order valence-corrected chi connectivity index (χ4v) is 2.49. The number of esters is 1. The first-order valence-corrected chi connectivity index (χ1v) is 8.08. The number of hydrogen-bond acceptors (Lipinski definition) is 5. The molecule has 1 aliphatic rings. The van der Waals surface area contributed by atoms with Crippen molar-refractivity contribution in [1.29, 1.82) is 0 Å². The molecule has 2 unspecified atom stereocenters. The van der Waals surface area contributed by atoms with Crippen LogP contribution in [0.4, 0.5) is 0 Å². The second-order valence-electron chi connectivity index (χ2n) is 6.81. The maximum Gasteiger partial charge on any atom is 0.326 e. The molecule has 1 N–H and O–H groups in total. The molecule has 1 fully saturated rings. The molecule has 1 rings (SSSR count). The van der Waals surface area contributed by atoms with Gasteiger partial charge in [-0.2, -0.15) is 0 Å². The second-order valence-corrected chi connectivity index (χ2v) is 6.81. The normalized spacial score (nSPS) is 19.6. The molecule has 1 aliphatic carbocycles.